The number of methoxy groups -OCH3 is 2. The molecule has 0 spiro atoms. The summed E-state index contributed by atoms with van der Waals surface area (Å²) in [5, 5.41) is 5.33. The van der Waals surface area contributed by atoms with Crippen LogP contribution in [0.2, 0.25) is 0 Å². The van der Waals surface area contributed by atoms with E-state index >= 15 is 0 Å². The summed E-state index contributed by atoms with van der Waals surface area (Å²) in [6, 6.07) is 11.1. The summed E-state index contributed by atoms with van der Waals surface area (Å²) in [5.74, 6) is 0.389. The van der Waals surface area contributed by atoms with Crippen molar-refractivity contribution in [1.29, 1.82) is 0 Å². The number of sulfonamides is 1. The first-order chi connectivity index (χ1) is 15.8. The van der Waals surface area contributed by atoms with E-state index in [1.807, 2.05) is 4.90 Å². The van der Waals surface area contributed by atoms with Crippen LogP contribution in [0.5, 0.6) is 11.5 Å². The maximum Gasteiger partial charge on any atom is 0.251 e. The zero-order valence-corrected chi connectivity index (χ0v) is 19.6. The minimum atomic E-state index is -3.70. The summed E-state index contributed by atoms with van der Waals surface area (Å²) in [6.07, 6.45) is 0. The molecule has 0 radical (unpaired) electrons. The van der Waals surface area contributed by atoms with Crippen LogP contribution in [-0.2, 0) is 14.8 Å². The van der Waals surface area contributed by atoms with Crippen molar-refractivity contribution in [2.45, 2.75) is 4.90 Å². The third kappa shape index (κ3) is 5.81. The Bertz CT molecular complexity index is 1100. The fraction of sp³-hybridized carbons (Fsp3) is 0.364. The lowest BCUT2D eigenvalue weighted by Crippen LogP contribution is -2.50. The topological polar surface area (TPSA) is 117 Å². The zero-order valence-electron chi connectivity index (χ0n) is 18.8. The number of rotatable bonds is 8. The highest BCUT2D eigenvalue weighted by atomic mass is 32.2. The first-order valence-corrected chi connectivity index (χ1v) is 11.8. The molecular weight excluding hydrogens is 448 g/mol. The van der Waals surface area contributed by atoms with Crippen LogP contribution >= 0.6 is 0 Å². The fourth-order valence-electron chi connectivity index (χ4n) is 3.51. The molecule has 2 N–H and O–H groups in total. The van der Waals surface area contributed by atoms with Crippen molar-refractivity contribution in [1.82, 2.24) is 14.5 Å². The zero-order chi connectivity index (χ0) is 24.0. The number of piperazine rings is 1. The first-order valence-electron chi connectivity index (χ1n) is 10.3. The lowest BCUT2D eigenvalue weighted by molar-refractivity contribution is -0.117. The molecule has 0 saturated carbocycles. The summed E-state index contributed by atoms with van der Waals surface area (Å²) in [7, 11) is 0.797. The van der Waals surface area contributed by atoms with Crippen LogP contribution in [0.4, 0.5) is 5.69 Å². The average molecular weight is 477 g/mol. The molecule has 0 bridgehead atoms. The van der Waals surface area contributed by atoms with Crippen LogP contribution in [0, 0.1) is 0 Å². The van der Waals surface area contributed by atoms with E-state index in [-0.39, 0.29) is 36.3 Å². The molecule has 1 aliphatic heterocycles. The third-order valence-electron chi connectivity index (χ3n) is 5.35. The SMILES string of the molecule is CNC(=O)c1ccc(NC(=O)CN2CCN(S(=O)(=O)c3ccc(OC)c(OC)c3)CC2)cc1. The molecule has 0 unspecified atom stereocenters. The Hall–Kier alpha value is -3.15. The molecule has 33 heavy (non-hydrogen) atoms. The number of benzene rings is 2. The van der Waals surface area contributed by atoms with E-state index < -0.39 is 10.0 Å². The van der Waals surface area contributed by atoms with E-state index in [0.717, 1.165) is 0 Å². The monoisotopic (exact) mass is 476 g/mol. The van der Waals surface area contributed by atoms with Gasteiger partial charge in [0.05, 0.1) is 25.7 Å². The molecule has 1 heterocycles. The first kappa shape index (κ1) is 24.5. The lowest BCUT2D eigenvalue weighted by Gasteiger charge is -2.33. The molecule has 0 aliphatic carbocycles. The number of anilines is 1. The summed E-state index contributed by atoms with van der Waals surface area (Å²) >= 11 is 0. The Morgan fingerprint density at radius 1 is 0.939 bits per heavy atom. The normalized spacial score (nSPS) is 15.0. The molecular formula is C22H28N4O6S. The van der Waals surface area contributed by atoms with E-state index in [1.165, 1.54) is 30.7 Å². The van der Waals surface area contributed by atoms with Gasteiger partial charge in [0.15, 0.2) is 11.5 Å². The van der Waals surface area contributed by atoms with E-state index in [0.29, 0.717) is 35.8 Å². The van der Waals surface area contributed by atoms with Crippen molar-refractivity contribution >= 4 is 27.5 Å². The predicted octanol–water partition coefficient (Wildman–Crippen LogP) is 1.01. The van der Waals surface area contributed by atoms with Gasteiger partial charge in [0.1, 0.15) is 0 Å². The number of nitrogens with zero attached hydrogens (tertiary/aromatic N) is 2. The minimum Gasteiger partial charge on any atom is -0.493 e. The number of hydrogen-bond acceptors (Lipinski definition) is 7. The van der Waals surface area contributed by atoms with E-state index in [4.69, 9.17) is 9.47 Å². The Labute approximate surface area is 193 Å². The van der Waals surface area contributed by atoms with Gasteiger partial charge in [-0.3, -0.25) is 14.5 Å². The molecule has 3 rings (SSSR count). The summed E-state index contributed by atoms with van der Waals surface area (Å²) in [5.41, 5.74) is 1.09. The Morgan fingerprint density at radius 3 is 2.15 bits per heavy atom. The number of ether oxygens (including phenoxy) is 2. The summed E-state index contributed by atoms with van der Waals surface area (Å²) < 4.78 is 37.8. The average Bonchev–Trinajstić information content (AvgIpc) is 2.83. The van der Waals surface area contributed by atoms with Gasteiger partial charge in [-0.05, 0) is 36.4 Å². The van der Waals surface area contributed by atoms with E-state index in [2.05, 4.69) is 10.6 Å². The highest BCUT2D eigenvalue weighted by Gasteiger charge is 2.29. The number of carbonyl (C=O) groups is 2. The molecule has 1 fully saturated rings. The van der Waals surface area contributed by atoms with Gasteiger partial charge < -0.3 is 20.1 Å². The largest absolute Gasteiger partial charge is 0.493 e. The highest BCUT2D eigenvalue weighted by molar-refractivity contribution is 7.89. The standard InChI is InChI=1S/C22H28N4O6S/c1-23-22(28)16-4-6-17(7-5-16)24-21(27)15-25-10-12-26(13-11-25)33(29,30)18-8-9-19(31-2)20(14-18)32-3/h4-9,14H,10-13,15H2,1-3H3,(H,23,28)(H,24,27). The summed E-state index contributed by atoms with van der Waals surface area (Å²) in [6.45, 7) is 1.53. The van der Waals surface area contributed by atoms with Gasteiger partial charge in [-0.2, -0.15) is 4.31 Å². The van der Waals surface area contributed by atoms with Crippen LogP contribution in [0.15, 0.2) is 47.4 Å². The van der Waals surface area contributed by atoms with Gasteiger partial charge in [-0.25, -0.2) is 8.42 Å². The van der Waals surface area contributed by atoms with Crippen molar-refractivity contribution in [3.05, 3.63) is 48.0 Å². The van der Waals surface area contributed by atoms with Crippen molar-refractivity contribution in [2.24, 2.45) is 0 Å². The number of amides is 2. The van der Waals surface area contributed by atoms with E-state index in [1.54, 1.807) is 37.4 Å². The molecule has 2 aromatic rings. The second kappa shape index (κ2) is 10.6. The van der Waals surface area contributed by atoms with Crippen molar-refractivity contribution in [3.8, 4) is 11.5 Å². The maximum absolute atomic E-state index is 13.0. The molecule has 2 aromatic carbocycles. The number of hydrogen-bond donors (Lipinski definition) is 2. The van der Waals surface area contributed by atoms with Crippen molar-refractivity contribution in [3.63, 3.8) is 0 Å². The van der Waals surface area contributed by atoms with Crippen molar-refractivity contribution < 1.29 is 27.5 Å². The van der Waals surface area contributed by atoms with Crippen LogP contribution in [-0.4, -0.2) is 83.4 Å². The highest BCUT2D eigenvalue weighted by Crippen LogP contribution is 2.30. The van der Waals surface area contributed by atoms with Gasteiger partial charge in [0.25, 0.3) is 5.91 Å². The van der Waals surface area contributed by atoms with Gasteiger partial charge in [0.2, 0.25) is 15.9 Å². The molecule has 2 amide bonds. The number of nitrogens with one attached hydrogen (secondary N) is 2. The smallest absolute Gasteiger partial charge is 0.251 e. The molecule has 0 aromatic heterocycles. The van der Waals surface area contributed by atoms with Crippen LogP contribution in [0.25, 0.3) is 0 Å². The fourth-order valence-corrected chi connectivity index (χ4v) is 4.95. The Morgan fingerprint density at radius 2 is 1.58 bits per heavy atom. The molecule has 0 atom stereocenters. The molecule has 1 saturated heterocycles. The second-order valence-corrected chi connectivity index (χ2v) is 9.34. The van der Waals surface area contributed by atoms with Gasteiger partial charge >= 0.3 is 0 Å². The molecule has 11 heteroatoms. The minimum absolute atomic E-state index is 0.131. The second-order valence-electron chi connectivity index (χ2n) is 7.40. The van der Waals surface area contributed by atoms with Gasteiger partial charge in [-0.15, -0.1) is 0 Å². The Kier molecular flexibility index (Phi) is 7.90. The quantitative estimate of drug-likeness (QED) is 0.584. The Balaban J connectivity index is 1.55. The predicted molar refractivity (Wildman–Crippen MR) is 123 cm³/mol. The van der Waals surface area contributed by atoms with E-state index in [9.17, 15) is 18.0 Å². The van der Waals surface area contributed by atoms with Crippen LogP contribution in [0.3, 0.4) is 0 Å². The van der Waals surface area contributed by atoms with Gasteiger partial charge in [-0.1, -0.05) is 0 Å². The molecule has 178 valence electrons. The maximum atomic E-state index is 13.0. The van der Waals surface area contributed by atoms with Crippen molar-refractivity contribution in [2.75, 3.05) is 59.3 Å². The van der Waals surface area contributed by atoms with Gasteiger partial charge in [0, 0.05) is 50.5 Å². The summed E-state index contributed by atoms with van der Waals surface area (Å²) in [4.78, 5) is 26.0. The third-order valence-corrected chi connectivity index (χ3v) is 7.24. The van der Waals surface area contributed by atoms with Crippen LogP contribution < -0.4 is 20.1 Å². The number of carbonyl (C=O) groups excluding carboxylic acids is 2. The molecule has 10 nitrogen and oxygen atoms in total. The lowest BCUT2D eigenvalue weighted by atomic mass is 10.2. The van der Waals surface area contributed by atoms with Crippen LogP contribution in [0.1, 0.15) is 10.4 Å². The molecule has 1 aliphatic rings.